The molecule has 37 heavy (non-hydrogen) atoms. The Kier molecular flexibility index (Phi) is 7.87. The maximum atomic E-state index is 13.8. The van der Waals surface area contributed by atoms with Crippen molar-refractivity contribution in [3.05, 3.63) is 72.6 Å². The number of furan rings is 1. The smallest absolute Gasteiger partial charge is 0.338 e. The van der Waals surface area contributed by atoms with Gasteiger partial charge in [0.05, 0.1) is 36.6 Å². The normalized spacial score (nSPS) is 15.3. The second kappa shape index (κ2) is 11.1. The number of thiazole rings is 1. The number of nitrogens with zero attached hydrogens (tertiary/aromatic N) is 3. The van der Waals surface area contributed by atoms with E-state index in [4.69, 9.17) is 18.6 Å². The standard InChI is InChI=1S/C27H31N3O6S/c1-7-29(8-2)22-13-11-18(36-22)15-21-25(31)30-24(19-14-17(33-5)10-12-20(19)34-6)23(26(32)35-9-3)16(4)28-27(30)37-21/h10-15,24H,7-9H2,1-6H3/t24-/m0/s1. The number of carbonyl (C=O) groups is 1. The van der Waals surface area contributed by atoms with Gasteiger partial charge < -0.3 is 23.5 Å². The van der Waals surface area contributed by atoms with Crippen molar-refractivity contribution in [1.82, 2.24) is 4.57 Å². The Bertz CT molecular complexity index is 1510. The summed E-state index contributed by atoms with van der Waals surface area (Å²) in [4.78, 5) is 34.1. The highest BCUT2D eigenvalue weighted by atomic mass is 32.1. The van der Waals surface area contributed by atoms with E-state index in [1.165, 1.54) is 15.9 Å². The third-order valence-corrected chi connectivity index (χ3v) is 7.19. The van der Waals surface area contributed by atoms with E-state index in [0.717, 1.165) is 19.0 Å². The van der Waals surface area contributed by atoms with Crippen LogP contribution in [0.3, 0.4) is 0 Å². The summed E-state index contributed by atoms with van der Waals surface area (Å²) in [6.07, 6.45) is 1.71. The lowest BCUT2D eigenvalue weighted by atomic mass is 9.95. The number of fused-ring (bicyclic) bond motifs is 1. The molecule has 0 saturated carbocycles. The van der Waals surface area contributed by atoms with Crippen LogP contribution in [0.1, 0.15) is 45.1 Å². The van der Waals surface area contributed by atoms with Crippen LogP contribution in [0.15, 0.2) is 55.8 Å². The average molecular weight is 526 g/mol. The Morgan fingerprint density at radius 1 is 1.16 bits per heavy atom. The number of hydrogen-bond acceptors (Lipinski definition) is 9. The van der Waals surface area contributed by atoms with Crippen molar-refractivity contribution in [2.75, 3.05) is 38.8 Å². The van der Waals surface area contributed by atoms with Crippen LogP contribution in [0.5, 0.6) is 11.5 Å². The maximum absolute atomic E-state index is 13.8. The summed E-state index contributed by atoms with van der Waals surface area (Å²) in [5, 5.41) is 0. The van der Waals surface area contributed by atoms with E-state index in [2.05, 4.69) is 23.7 Å². The summed E-state index contributed by atoms with van der Waals surface area (Å²) in [6, 6.07) is 8.19. The number of anilines is 1. The second-order valence-electron chi connectivity index (χ2n) is 8.26. The van der Waals surface area contributed by atoms with E-state index >= 15 is 0 Å². The number of carbonyl (C=O) groups excluding carboxylic acids is 1. The van der Waals surface area contributed by atoms with Gasteiger partial charge in [-0.2, -0.15) is 0 Å². The van der Waals surface area contributed by atoms with Gasteiger partial charge in [0.1, 0.15) is 23.3 Å². The van der Waals surface area contributed by atoms with Crippen molar-refractivity contribution in [3.63, 3.8) is 0 Å². The molecule has 1 atom stereocenters. The third kappa shape index (κ3) is 4.93. The molecule has 10 heteroatoms. The lowest BCUT2D eigenvalue weighted by Gasteiger charge is -2.26. The number of aromatic nitrogens is 1. The van der Waals surface area contributed by atoms with E-state index in [0.29, 0.717) is 37.9 Å². The van der Waals surface area contributed by atoms with Crippen LogP contribution in [0.25, 0.3) is 6.08 Å². The van der Waals surface area contributed by atoms with Crippen molar-refractivity contribution in [2.24, 2.45) is 4.99 Å². The molecule has 3 heterocycles. The molecule has 4 rings (SSSR count). The van der Waals surface area contributed by atoms with E-state index in [-0.39, 0.29) is 17.7 Å². The zero-order chi connectivity index (χ0) is 26.7. The Morgan fingerprint density at radius 3 is 2.57 bits per heavy atom. The summed E-state index contributed by atoms with van der Waals surface area (Å²) < 4.78 is 24.4. The summed E-state index contributed by atoms with van der Waals surface area (Å²) in [5.74, 6) is 1.83. The van der Waals surface area contributed by atoms with Crippen molar-refractivity contribution < 1.29 is 23.4 Å². The number of allylic oxidation sites excluding steroid dienone is 1. The van der Waals surface area contributed by atoms with Gasteiger partial charge in [0.15, 0.2) is 10.7 Å². The lowest BCUT2D eigenvalue weighted by molar-refractivity contribution is -0.139. The lowest BCUT2D eigenvalue weighted by Crippen LogP contribution is -2.40. The number of methoxy groups -OCH3 is 2. The van der Waals surface area contributed by atoms with E-state index < -0.39 is 12.0 Å². The van der Waals surface area contributed by atoms with Gasteiger partial charge in [-0.05, 0) is 52.0 Å². The second-order valence-corrected chi connectivity index (χ2v) is 9.27. The minimum atomic E-state index is -0.815. The highest BCUT2D eigenvalue weighted by molar-refractivity contribution is 7.07. The summed E-state index contributed by atoms with van der Waals surface area (Å²) in [5.41, 5.74) is 1.04. The minimum absolute atomic E-state index is 0.190. The van der Waals surface area contributed by atoms with Crippen LogP contribution in [0.4, 0.5) is 5.88 Å². The van der Waals surface area contributed by atoms with Gasteiger partial charge in [-0.3, -0.25) is 9.36 Å². The molecule has 3 aromatic rings. The van der Waals surface area contributed by atoms with Crippen LogP contribution in [0, 0.1) is 0 Å². The molecule has 0 unspecified atom stereocenters. The van der Waals surface area contributed by atoms with Crippen molar-refractivity contribution in [1.29, 1.82) is 0 Å². The van der Waals surface area contributed by atoms with Crippen LogP contribution in [-0.4, -0.2) is 44.5 Å². The molecule has 0 radical (unpaired) electrons. The molecular weight excluding hydrogens is 494 g/mol. The molecule has 0 aliphatic carbocycles. The van der Waals surface area contributed by atoms with Gasteiger partial charge in [0.2, 0.25) is 0 Å². The van der Waals surface area contributed by atoms with Crippen LogP contribution in [-0.2, 0) is 9.53 Å². The molecule has 0 bridgehead atoms. The predicted molar refractivity (Wildman–Crippen MR) is 142 cm³/mol. The minimum Gasteiger partial charge on any atom is -0.497 e. The zero-order valence-corrected chi connectivity index (χ0v) is 22.7. The number of esters is 1. The molecule has 1 aliphatic rings. The third-order valence-electron chi connectivity index (χ3n) is 6.21. The summed E-state index contributed by atoms with van der Waals surface area (Å²) in [7, 11) is 3.10. The Balaban J connectivity index is 1.94. The fourth-order valence-corrected chi connectivity index (χ4v) is 5.42. The Hall–Kier alpha value is -3.79. The number of ether oxygens (including phenoxy) is 3. The molecule has 2 aromatic heterocycles. The van der Waals surface area contributed by atoms with Gasteiger partial charge >= 0.3 is 5.97 Å². The Morgan fingerprint density at radius 2 is 1.92 bits per heavy atom. The van der Waals surface area contributed by atoms with Gasteiger partial charge in [-0.15, -0.1) is 0 Å². The van der Waals surface area contributed by atoms with E-state index in [9.17, 15) is 9.59 Å². The molecule has 0 spiro atoms. The fourth-order valence-electron chi connectivity index (χ4n) is 4.39. The SMILES string of the molecule is CCOC(=O)C1=C(C)N=c2sc(=Cc3ccc(N(CC)CC)o3)c(=O)n2[C@H]1c1cc(OC)ccc1OC. The van der Waals surface area contributed by atoms with Gasteiger partial charge in [-0.25, -0.2) is 9.79 Å². The first kappa shape index (κ1) is 26.3. The molecule has 0 saturated heterocycles. The fraction of sp³-hybridized carbons (Fsp3) is 0.370. The van der Waals surface area contributed by atoms with Crippen molar-refractivity contribution in [3.8, 4) is 11.5 Å². The van der Waals surface area contributed by atoms with Crippen molar-refractivity contribution in [2.45, 2.75) is 33.7 Å². The predicted octanol–water partition coefficient (Wildman–Crippen LogP) is 3.25. The quantitative estimate of drug-likeness (QED) is 0.396. The average Bonchev–Trinajstić information content (AvgIpc) is 3.48. The number of benzene rings is 1. The topological polar surface area (TPSA) is 95.5 Å². The summed E-state index contributed by atoms with van der Waals surface area (Å²) >= 11 is 1.23. The highest BCUT2D eigenvalue weighted by Crippen LogP contribution is 2.37. The van der Waals surface area contributed by atoms with Gasteiger partial charge in [0, 0.05) is 30.8 Å². The van der Waals surface area contributed by atoms with Crippen molar-refractivity contribution >= 4 is 29.3 Å². The van der Waals surface area contributed by atoms with Gasteiger partial charge in [0.25, 0.3) is 5.56 Å². The first-order valence-electron chi connectivity index (χ1n) is 12.1. The Labute approximate surface area is 218 Å². The van der Waals surface area contributed by atoms with Crippen LogP contribution in [0.2, 0.25) is 0 Å². The number of hydrogen-bond donors (Lipinski definition) is 0. The first-order valence-corrected chi connectivity index (χ1v) is 12.9. The van der Waals surface area contributed by atoms with E-state index in [1.807, 2.05) is 12.1 Å². The summed E-state index contributed by atoms with van der Waals surface area (Å²) in [6.45, 7) is 9.40. The highest BCUT2D eigenvalue weighted by Gasteiger charge is 2.35. The van der Waals surface area contributed by atoms with Gasteiger partial charge in [-0.1, -0.05) is 11.3 Å². The van der Waals surface area contributed by atoms with Crippen LogP contribution >= 0.6 is 11.3 Å². The molecule has 196 valence electrons. The first-order chi connectivity index (χ1) is 17.9. The van der Waals surface area contributed by atoms with Crippen LogP contribution < -0.4 is 29.3 Å². The number of rotatable bonds is 9. The molecule has 1 aromatic carbocycles. The monoisotopic (exact) mass is 525 g/mol. The van der Waals surface area contributed by atoms with E-state index in [1.54, 1.807) is 52.3 Å². The molecule has 0 N–H and O–H groups in total. The molecule has 1 aliphatic heterocycles. The zero-order valence-electron chi connectivity index (χ0n) is 21.9. The molecule has 0 amide bonds. The molecule has 9 nitrogen and oxygen atoms in total. The maximum Gasteiger partial charge on any atom is 0.338 e. The molecule has 0 fully saturated rings. The largest absolute Gasteiger partial charge is 0.497 e. The molecular formula is C27H31N3O6S.